The summed E-state index contributed by atoms with van der Waals surface area (Å²) in [6.07, 6.45) is 2.53. The highest BCUT2D eigenvalue weighted by atomic mass is 79.9. The predicted octanol–water partition coefficient (Wildman–Crippen LogP) is 2.08. The summed E-state index contributed by atoms with van der Waals surface area (Å²) in [5, 5.41) is 5.61. The van der Waals surface area contributed by atoms with Crippen LogP contribution in [0.2, 0.25) is 0 Å². The Bertz CT molecular complexity index is 545. The Labute approximate surface area is 161 Å². The van der Waals surface area contributed by atoms with Crippen LogP contribution in [0.1, 0.15) is 16.8 Å². The molecule has 8 heteroatoms. The average Bonchev–Trinajstić information content (AvgIpc) is 2.61. The maximum absolute atomic E-state index is 12.4. The third kappa shape index (κ3) is 8.71. The van der Waals surface area contributed by atoms with E-state index in [1.807, 2.05) is 12.3 Å². The number of hydrogen-bond acceptors (Lipinski definition) is 5. The van der Waals surface area contributed by atoms with Crippen molar-refractivity contribution < 1.29 is 19.1 Å². The highest BCUT2D eigenvalue weighted by Crippen LogP contribution is 2.16. The van der Waals surface area contributed by atoms with Gasteiger partial charge in [-0.1, -0.05) is 12.1 Å². The number of halogens is 1. The zero-order valence-electron chi connectivity index (χ0n) is 14.5. The lowest BCUT2D eigenvalue weighted by Crippen LogP contribution is -2.47. The summed E-state index contributed by atoms with van der Waals surface area (Å²) in [6.45, 7) is 1.80. The van der Waals surface area contributed by atoms with E-state index in [1.165, 1.54) is 0 Å². The molecule has 140 valence electrons. The Morgan fingerprint density at radius 3 is 2.68 bits per heavy atom. The molecular formula is C17H25BrN2O4S. The van der Waals surface area contributed by atoms with Gasteiger partial charge in [-0.05, 0) is 46.5 Å². The third-order valence-corrected chi connectivity index (χ3v) is 4.66. The molecule has 0 radical (unpaired) electrons. The van der Waals surface area contributed by atoms with Gasteiger partial charge in [0, 0.05) is 18.1 Å². The first-order valence-corrected chi connectivity index (χ1v) is 10.2. The quantitative estimate of drug-likeness (QED) is 0.494. The van der Waals surface area contributed by atoms with E-state index < -0.39 is 6.04 Å². The van der Waals surface area contributed by atoms with Gasteiger partial charge < -0.3 is 20.1 Å². The predicted molar refractivity (Wildman–Crippen MR) is 104 cm³/mol. The zero-order valence-corrected chi connectivity index (χ0v) is 17.0. The number of amides is 2. The Balaban J connectivity index is 2.53. The maximum Gasteiger partial charge on any atom is 0.253 e. The second-order valence-electron chi connectivity index (χ2n) is 5.18. The molecule has 1 rings (SSSR count). The molecule has 0 saturated carbocycles. The van der Waals surface area contributed by atoms with Crippen molar-refractivity contribution in [3.05, 3.63) is 34.3 Å². The van der Waals surface area contributed by atoms with E-state index >= 15 is 0 Å². The lowest BCUT2D eigenvalue weighted by atomic mass is 10.1. The van der Waals surface area contributed by atoms with Gasteiger partial charge in [-0.15, -0.1) is 0 Å². The van der Waals surface area contributed by atoms with Crippen molar-refractivity contribution in [1.82, 2.24) is 10.6 Å². The zero-order chi connectivity index (χ0) is 18.5. The number of nitrogens with one attached hydrogen (secondary N) is 2. The molecule has 0 fully saturated rings. The van der Waals surface area contributed by atoms with Crippen molar-refractivity contribution in [3.63, 3.8) is 0 Å². The second-order valence-corrected chi connectivity index (χ2v) is 7.02. The van der Waals surface area contributed by atoms with Gasteiger partial charge in [-0.25, -0.2) is 0 Å². The molecular weight excluding hydrogens is 408 g/mol. The van der Waals surface area contributed by atoms with Gasteiger partial charge in [0.1, 0.15) is 6.04 Å². The normalized spacial score (nSPS) is 11.8. The Morgan fingerprint density at radius 2 is 2.00 bits per heavy atom. The van der Waals surface area contributed by atoms with Crippen LogP contribution in [0, 0.1) is 0 Å². The van der Waals surface area contributed by atoms with E-state index in [0.29, 0.717) is 42.8 Å². The molecule has 1 aromatic carbocycles. The molecule has 6 nitrogen and oxygen atoms in total. The number of thioether (sulfide) groups is 1. The van der Waals surface area contributed by atoms with Gasteiger partial charge in [0.15, 0.2) is 0 Å². The molecule has 0 aliphatic rings. The van der Waals surface area contributed by atoms with Crippen LogP contribution >= 0.6 is 27.7 Å². The minimum Gasteiger partial charge on any atom is -0.382 e. The summed E-state index contributed by atoms with van der Waals surface area (Å²) in [5.41, 5.74) is 0.507. The molecule has 2 amide bonds. The van der Waals surface area contributed by atoms with Crippen LogP contribution in [0.25, 0.3) is 0 Å². The van der Waals surface area contributed by atoms with Crippen molar-refractivity contribution in [1.29, 1.82) is 0 Å². The van der Waals surface area contributed by atoms with Crippen molar-refractivity contribution in [2.24, 2.45) is 0 Å². The van der Waals surface area contributed by atoms with Crippen molar-refractivity contribution in [3.8, 4) is 0 Å². The summed E-state index contributed by atoms with van der Waals surface area (Å²) in [6, 6.07) is 6.55. The minimum atomic E-state index is -0.578. The molecule has 1 unspecified atom stereocenters. The number of rotatable bonds is 12. The van der Waals surface area contributed by atoms with E-state index in [2.05, 4.69) is 26.6 Å². The number of ether oxygens (including phenoxy) is 2. The number of methoxy groups -OCH3 is 1. The molecule has 0 aliphatic carbocycles. The molecule has 1 atom stereocenters. The van der Waals surface area contributed by atoms with Crippen LogP contribution in [0.3, 0.4) is 0 Å². The summed E-state index contributed by atoms with van der Waals surface area (Å²) in [4.78, 5) is 24.8. The highest BCUT2D eigenvalue weighted by Gasteiger charge is 2.21. The van der Waals surface area contributed by atoms with Gasteiger partial charge in [0.25, 0.3) is 5.91 Å². The van der Waals surface area contributed by atoms with Crippen molar-refractivity contribution in [2.75, 3.05) is 45.5 Å². The largest absolute Gasteiger partial charge is 0.382 e. The van der Waals surface area contributed by atoms with Gasteiger partial charge in [-0.2, -0.15) is 11.8 Å². The van der Waals surface area contributed by atoms with Crippen LogP contribution in [-0.4, -0.2) is 63.3 Å². The van der Waals surface area contributed by atoms with Gasteiger partial charge >= 0.3 is 0 Å². The smallest absolute Gasteiger partial charge is 0.253 e. The molecule has 0 aliphatic heterocycles. The fraction of sp³-hybridized carbons (Fsp3) is 0.529. The summed E-state index contributed by atoms with van der Waals surface area (Å²) < 4.78 is 10.9. The molecule has 0 heterocycles. The number of carbonyl (C=O) groups is 2. The summed E-state index contributed by atoms with van der Waals surface area (Å²) in [5.74, 6) is 0.299. The fourth-order valence-corrected chi connectivity index (χ4v) is 2.94. The molecule has 25 heavy (non-hydrogen) atoms. The van der Waals surface area contributed by atoms with E-state index in [0.717, 1.165) is 5.75 Å². The van der Waals surface area contributed by atoms with E-state index in [1.54, 1.807) is 37.1 Å². The average molecular weight is 433 g/mol. The van der Waals surface area contributed by atoms with E-state index in [4.69, 9.17) is 9.47 Å². The molecule has 2 N–H and O–H groups in total. The van der Waals surface area contributed by atoms with Crippen LogP contribution in [0.15, 0.2) is 28.7 Å². The number of hydrogen-bond donors (Lipinski definition) is 2. The van der Waals surface area contributed by atoms with Crippen LogP contribution in [0.4, 0.5) is 0 Å². The molecule has 0 saturated heterocycles. The number of benzene rings is 1. The SMILES string of the molecule is COCCOCCNC(=O)C(CCSC)NC(=O)c1ccccc1Br. The van der Waals surface area contributed by atoms with Crippen LogP contribution in [0.5, 0.6) is 0 Å². The fourth-order valence-electron chi connectivity index (χ4n) is 2.00. The number of carbonyl (C=O) groups excluding carboxylic acids is 2. The Hall–Kier alpha value is -1.09. The third-order valence-electron chi connectivity index (χ3n) is 3.33. The lowest BCUT2D eigenvalue weighted by Gasteiger charge is -2.18. The Morgan fingerprint density at radius 1 is 1.24 bits per heavy atom. The summed E-state index contributed by atoms with van der Waals surface area (Å²) >= 11 is 4.99. The molecule has 0 spiro atoms. The van der Waals surface area contributed by atoms with Gasteiger partial charge in [0.2, 0.25) is 5.91 Å². The van der Waals surface area contributed by atoms with Crippen molar-refractivity contribution >= 4 is 39.5 Å². The lowest BCUT2D eigenvalue weighted by molar-refractivity contribution is -0.123. The topological polar surface area (TPSA) is 76.7 Å². The maximum atomic E-state index is 12.4. The van der Waals surface area contributed by atoms with E-state index in [-0.39, 0.29) is 11.8 Å². The second kappa shape index (κ2) is 13.2. The molecule has 0 aromatic heterocycles. The molecule has 1 aromatic rings. The first-order chi connectivity index (χ1) is 12.1. The highest BCUT2D eigenvalue weighted by molar-refractivity contribution is 9.10. The first kappa shape index (κ1) is 22.0. The standard InChI is InChI=1S/C17H25BrN2O4S/c1-23-10-11-24-9-8-19-17(22)15(7-12-25-2)20-16(21)13-5-3-4-6-14(13)18/h3-6,15H,7-12H2,1-2H3,(H,19,22)(H,20,21). The van der Waals surface area contributed by atoms with Crippen LogP contribution in [-0.2, 0) is 14.3 Å². The Kier molecular flexibility index (Phi) is 11.6. The van der Waals surface area contributed by atoms with E-state index in [9.17, 15) is 9.59 Å². The summed E-state index contributed by atoms with van der Waals surface area (Å²) in [7, 11) is 1.61. The first-order valence-electron chi connectivity index (χ1n) is 7.98. The van der Waals surface area contributed by atoms with Gasteiger partial charge in [0.05, 0.1) is 25.4 Å². The van der Waals surface area contributed by atoms with Crippen molar-refractivity contribution in [2.45, 2.75) is 12.5 Å². The minimum absolute atomic E-state index is 0.204. The monoisotopic (exact) mass is 432 g/mol. The van der Waals surface area contributed by atoms with Crippen LogP contribution < -0.4 is 10.6 Å². The van der Waals surface area contributed by atoms with Gasteiger partial charge in [-0.3, -0.25) is 9.59 Å². The molecule has 0 bridgehead atoms.